The van der Waals surface area contributed by atoms with Crippen LogP contribution in [0, 0.1) is 0 Å². The van der Waals surface area contributed by atoms with Gasteiger partial charge in [-0.3, -0.25) is 9.36 Å². The van der Waals surface area contributed by atoms with Crippen LogP contribution in [0.4, 0.5) is 0 Å². The van der Waals surface area contributed by atoms with Gasteiger partial charge in [-0.2, -0.15) is 0 Å². The van der Waals surface area contributed by atoms with E-state index in [1.54, 1.807) is 29.7 Å². The normalized spacial score (nSPS) is 16.6. The summed E-state index contributed by atoms with van der Waals surface area (Å²) in [6.07, 6.45) is 3.12. The van der Waals surface area contributed by atoms with E-state index in [9.17, 15) is 9.59 Å². The molecule has 0 aliphatic carbocycles. The number of allylic oxidation sites excluding steroid dienone is 1. The Bertz CT molecular complexity index is 1600. The number of ether oxygens (including phenoxy) is 3. The molecule has 9 heteroatoms. The molecule has 0 saturated heterocycles. The Morgan fingerprint density at radius 3 is 2.58 bits per heavy atom. The van der Waals surface area contributed by atoms with Crippen molar-refractivity contribution in [2.45, 2.75) is 52.5 Å². The summed E-state index contributed by atoms with van der Waals surface area (Å²) >= 11 is 7.77. The fraction of sp³-hybridized carbons (Fsp3) is 0.345. The van der Waals surface area contributed by atoms with Gasteiger partial charge in [0.1, 0.15) is 0 Å². The fourth-order valence-corrected chi connectivity index (χ4v) is 5.90. The van der Waals surface area contributed by atoms with Gasteiger partial charge in [-0.05, 0) is 48.1 Å². The van der Waals surface area contributed by atoms with Gasteiger partial charge in [0, 0.05) is 6.07 Å². The first-order chi connectivity index (χ1) is 18.3. The highest BCUT2D eigenvalue weighted by Gasteiger charge is 2.34. The second kappa shape index (κ2) is 10.8. The first-order valence-electron chi connectivity index (χ1n) is 12.7. The summed E-state index contributed by atoms with van der Waals surface area (Å²) in [4.78, 5) is 32.6. The molecule has 38 heavy (non-hydrogen) atoms. The molecular formula is C29H29ClN2O5S. The molecule has 0 saturated carbocycles. The third kappa shape index (κ3) is 4.78. The van der Waals surface area contributed by atoms with E-state index >= 15 is 0 Å². The van der Waals surface area contributed by atoms with Crippen molar-refractivity contribution >= 4 is 35.0 Å². The molecule has 2 aromatic carbocycles. The SMILES string of the molecule is CCCC1=C(C(=O)OCC)C(c2ccc(C(C)C)cc2)n2c(s/c(=C/c3cc4c(cc3Cl)OCO4)c2=O)=N1. The Kier molecular flexibility index (Phi) is 7.45. The Balaban J connectivity index is 1.73. The molecule has 3 heterocycles. The molecule has 7 nitrogen and oxygen atoms in total. The highest BCUT2D eigenvalue weighted by Crippen LogP contribution is 2.37. The maximum atomic E-state index is 13.9. The number of rotatable bonds is 7. The third-order valence-corrected chi connectivity index (χ3v) is 7.90. The topological polar surface area (TPSA) is 79.1 Å². The Morgan fingerprint density at radius 1 is 1.21 bits per heavy atom. The van der Waals surface area contributed by atoms with Crippen LogP contribution in [-0.4, -0.2) is 23.9 Å². The molecule has 2 aliphatic heterocycles. The van der Waals surface area contributed by atoms with E-state index in [0.29, 0.717) is 55.0 Å². The van der Waals surface area contributed by atoms with Crippen LogP contribution in [0.3, 0.4) is 0 Å². The van der Waals surface area contributed by atoms with Crippen LogP contribution in [0.2, 0.25) is 5.02 Å². The van der Waals surface area contributed by atoms with E-state index in [4.69, 9.17) is 30.8 Å². The Morgan fingerprint density at radius 2 is 1.92 bits per heavy atom. The van der Waals surface area contributed by atoms with Crippen LogP contribution in [-0.2, 0) is 9.53 Å². The maximum Gasteiger partial charge on any atom is 0.338 e. The van der Waals surface area contributed by atoms with Gasteiger partial charge in [0.15, 0.2) is 16.3 Å². The van der Waals surface area contributed by atoms with E-state index in [-0.39, 0.29) is 19.0 Å². The van der Waals surface area contributed by atoms with Crippen molar-refractivity contribution in [1.82, 2.24) is 4.57 Å². The highest BCUT2D eigenvalue weighted by molar-refractivity contribution is 7.07. The van der Waals surface area contributed by atoms with Gasteiger partial charge in [-0.1, -0.05) is 74.4 Å². The molecule has 0 fully saturated rings. The molecule has 0 amide bonds. The van der Waals surface area contributed by atoms with E-state index < -0.39 is 12.0 Å². The number of hydrogen-bond acceptors (Lipinski definition) is 7. The van der Waals surface area contributed by atoms with Crippen LogP contribution in [0.5, 0.6) is 11.5 Å². The minimum Gasteiger partial charge on any atom is -0.463 e. The van der Waals surface area contributed by atoms with Crippen molar-refractivity contribution in [2.75, 3.05) is 13.4 Å². The number of carbonyl (C=O) groups excluding carboxylic acids is 1. The number of fused-ring (bicyclic) bond motifs is 2. The minimum absolute atomic E-state index is 0.129. The maximum absolute atomic E-state index is 13.9. The number of thiazole rings is 1. The molecule has 3 aromatic rings. The molecule has 198 valence electrons. The molecule has 0 bridgehead atoms. The molecule has 2 aliphatic rings. The molecule has 1 atom stereocenters. The van der Waals surface area contributed by atoms with Crippen molar-refractivity contribution in [1.29, 1.82) is 0 Å². The average molecular weight is 553 g/mol. The van der Waals surface area contributed by atoms with Gasteiger partial charge in [-0.25, -0.2) is 9.79 Å². The summed E-state index contributed by atoms with van der Waals surface area (Å²) in [6, 6.07) is 10.9. The zero-order valence-electron chi connectivity index (χ0n) is 21.7. The second-order valence-corrected chi connectivity index (χ2v) is 10.9. The Hall–Kier alpha value is -3.36. The van der Waals surface area contributed by atoms with Gasteiger partial charge < -0.3 is 14.2 Å². The van der Waals surface area contributed by atoms with Crippen molar-refractivity contribution in [3.8, 4) is 11.5 Å². The lowest BCUT2D eigenvalue weighted by atomic mass is 9.92. The van der Waals surface area contributed by atoms with Crippen LogP contribution >= 0.6 is 22.9 Å². The number of benzene rings is 2. The molecule has 0 spiro atoms. The summed E-state index contributed by atoms with van der Waals surface area (Å²) in [5, 5.41) is 0.444. The zero-order chi connectivity index (χ0) is 27.0. The summed E-state index contributed by atoms with van der Waals surface area (Å²) < 4.78 is 18.4. The van der Waals surface area contributed by atoms with Gasteiger partial charge in [0.25, 0.3) is 5.56 Å². The largest absolute Gasteiger partial charge is 0.463 e. The lowest BCUT2D eigenvalue weighted by molar-refractivity contribution is -0.139. The van der Waals surface area contributed by atoms with Crippen molar-refractivity contribution in [2.24, 2.45) is 4.99 Å². The first-order valence-corrected chi connectivity index (χ1v) is 13.9. The zero-order valence-corrected chi connectivity index (χ0v) is 23.3. The lowest BCUT2D eigenvalue weighted by Crippen LogP contribution is -2.40. The average Bonchev–Trinajstić information content (AvgIpc) is 3.47. The number of aromatic nitrogens is 1. The smallest absolute Gasteiger partial charge is 0.338 e. The molecular weight excluding hydrogens is 524 g/mol. The van der Waals surface area contributed by atoms with Crippen molar-refractivity contribution in [3.05, 3.63) is 89.1 Å². The molecule has 1 aromatic heterocycles. The predicted molar refractivity (Wildman–Crippen MR) is 148 cm³/mol. The fourth-order valence-electron chi connectivity index (χ4n) is 4.68. The van der Waals surface area contributed by atoms with Gasteiger partial charge in [0.2, 0.25) is 6.79 Å². The first kappa shape index (κ1) is 26.3. The van der Waals surface area contributed by atoms with E-state index in [1.165, 1.54) is 16.9 Å². The second-order valence-electron chi connectivity index (χ2n) is 9.46. The molecule has 0 radical (unpaired) electrons. The highest BCUT2D eigenvalue weighted by atomic mass is 35.5. The minimum atomic E-state index is -0.651. The lowest BCUT2D eigenvalue weighted by Gasteiger charge is -2.26. The van der Waals surface area contributed by atoms with Gasteiger partial charge >= 0.3 is 5.97 Å². The monoisotopic (exact) mass is 552 g/mol. The van der Waals surface area contributed by atoms with E-state index in [1.807, 2.05) is 31.2 Å². The third-order valence-electron chi connectivity index (χ3n) is 6.59. The standard InChI is InChI=1S/C29H29ClN2O5S/c1-5-7-21-25(28(34)35-6-2)26(18-10-8-17(9-11-18)16(3)4)32-27(33)24(38-29(32)31-21)13-19-12-22-23(14-20(19)30)37-15-36-22/h8-14,16,26H,5-7,15H2,1-4H3/b24-13+. The van der Waals surface area contributed by atoms with Crippen LogP contribution < -0.4 is 24.4 Å². The number of esters is 1. The quantitative estimate of drug-likeness (QED) is 0.382. The Labute approximate surface area is 229 Å². The van der Waals surface area contributed by atoms with Crippen molar-refractivity contribution in [3.63, 3.8) is 0 Å². The van der Waals surface area contributed by atoms with Gasteiger partial charge in [-0.15, -0.1) is 0 Å². The van der Waals surface area contributed by atoms with E-state index in [0.717, 1.165) is 12.0 Å². The summed E-state index contributed by atoms with van der Waals surface area (Å²) in [5.74, 6) is 1.05. The molecule has 5 rings (SSSR count). The van der Waals surface area contributed by atoms with Crippen molar-refractivity contribution < 1.29 is 19.0 Å². The van der Waals surface area contributed by atoms with Crippen LogP contribution in [0.15, 0.2) is 57.5 Å². The number of nitrogens with zero attached hydrogens (tertiary/aromatic N) is 2. The summed E-state index contributed by atoms with van der Waals surface area (Å²) in [5.41, 5.74) is 3.45. The summed E-state index contributed by atoms with van der Waals surface area (Å²) in [7, 11) is 0. The predicted octanol–water partition coefficient (Wildman–Crippen LogP) is 5.08. The number of halogens is 1. The van der Waals surface area contributed by atoms with Gasteiger partial charge in [0.05, 0.1) is 33.5 Å². The summed E-state index contributed by atoms with van der Waals surface area (Å²) in [6.45, 7) is 8.42. The number of hydrogen-bond donors (Lipinski definition) is 0. The molecule has 1 unspecified atom stereocenters. The number of carbonyl (C=O) groups is 1. The van der Waals surface area contributed by atoms with E-state index in [2.05, 4.69) is 13.8 Å². The van der Waals surface area contributed by atoms with Crippen LogP contribution in [0.1, 0.15) is 69.2 Å². The van der Waals surface area contributed by atoms with Crippen LogP contribution in [0.25, 0.3) is 6.08 Å². The molecule has 0 N–H and O–H groups in total.